The van der Waals surface area contributed by atoms with E-state index in [9.17, 15) is 4.39 Å². The second-order valence-corrected chi connectivity index (χ2v) is 2.55. The topological polar surface area (TPSA) is 12.9 Å². The van der Waals surface area contributed by atoms with Gasteiger partial charge in [-0.2, -0.15) is 0 Å². The van der Waals surface area contributed by atoms with Gasteiger partial charge in [-0.05, 0) is 17.7 Å². The molecule has 54 valence electrons. The van der Waals surface area contributed by atoms with Gasteiger partial charge >= 0.3 is 0 Å². The summed E-state index contributed by atoms with van der Waals surface area (Å²) in [5.74, 6) is 0. The third-order valence-electron chi connectivity index (χ3n) is 1.20. The van der Waals surface area contributed by atoms with E-state index >= 15 is 0 Å². The first kappa shape index (κ1) is 7.66. The van der Waals surface area contributed by atoms with Crippen LogP contribution < -0.4 is 0 Å². The number of aromatic nitrogens is 1. The second-order valence-electron chi connectivity index (χ2n) is 1.90. The molecule has 1 nitrogen and oxygen atoms in total. The molecule has 1 aromatic rings. The number of halogens is 2. The van der Waals surface area contributed by atoms with Gasteiger partial charge in [-0.1, -0.05) is 15.9 Å². The molecule has 10 heavy (non-hydrogen) atoms. The lowest BCUT2D eigenvalue weighted by molar-refractivity contribution is 0.382. The van der Waals surface area contributed by atoms with Crippen molar-refractivity contribution >= 4 is 15.9 Å². The summed E-state index contributed by atoms with van der Waals surface area (Å²) in [5.41, 5.74) is 0.673. The predicted octanol–water partition coefficient (Wildman–Crippen LogP) is 2.49. The average molecular weight is 204 g/mol. The fourth-order valence-corrected chi connectivity index (χ4v) is 1.04. The number of alkyl halides is 2. The number of hydrogen-bond donors (Lipinski definition) is 0. The van der Waals surface area contributed by atoms with Crippen molar-refractivity contribution in [2.45, 2.75) is 6.17 Å². The molecule has 0 amide bonds. The summed E-state index contributed by atoms with van der Waals surface area (Å²) in [6.07, 6.45) is 2.26. The molecular weight excluding hydrogens is 197 g/mol. The van der Waals surface area contributed by atoms with E-state index in [0.717, 1.165) is 0 Å². The van der Waals surface area contributed by atoms with E-state index in [1.165, 1.54) is 0 Å². The van der Waals surface area contributed by atoms with Crippen LogP contribution in [-0.4, -0.2) is 10.3 Å². The highest BCUT2D eigenvalue weighted by molar-refractivity contribution is 9.09. The lowest BCUT2D eigenvalue weighted by atomic mass is 10.2. The number of rotatable bonds is 2. The summed E-state index contributed by atoms with van der Waals surface area (Å²) in [6.45, 7) is 0. The van der Waals surface area contributed by atoms with Crippen LogP contribution in [0, 0.1) is 0 Å². The van der Waals surface area contributed by atoms with Crippen molar-refractivity contribution in [3.05, 3.63) is 30.1 Å². The Morgan fingerprint density at radius 1 is 1.50 bits per heavy atom. The minimum atomic E-state index is -0.914. The lowest BCUT2D eigenvalue weighted by Gasteiger charge is -2.01. The molecule has 1 rings (SSSR count). The summed E-state index contributed by atoms with van der Waals surface area (Å²) in [6, 6.07) is 3.35. The fourth-order valence-electron chi connectivity index (χ4n) is 0.661. The van der Waals surface area contributed by atoms with Gasteiger partial charge in [0.1, 0.15) is 6.17 Å². The molecule has 0 aliphatic carbocycles. The Labute approximate surface area is 67.4 Å². The van der Waals surface area contributed by atoms with E-state index in [4.69, 9.17) is 0 Å². The molecule has 0 unspecified atom stereocenters. The highest BCUT2D eigenvalue weighted by atomic mass is 79.9. The van der Waals surface area contributed by atoms with Gasteiger partial charge in [-0.25, -0.2) is 4.39 Å². The van der Waals surface area contributed by atoms with E-state index in [1.807, 2.05) is 0 Å². The summed E-state index contributed by atoms with van der Waals surface area (Å²) < 4.78 is 12.8. The van der Waals surface area contributed by atoms with Gasteiger partial charge in [-0.15, -0.1) is 0 Å². The summed E-state index contributed by atoms with van der Waals surface area (Å²) in [5, 5.41) is 0.344. The van der Waals surface area contributed by atoms with E-state index in [1.54, 1.807) is 24.5 Å². The van der Waals surface area contributed by atoms with Crippen molar-refractivity contribution in [2.24, 2.45) is 0 Å². The third-order valence-corrected chi connectivity index (χ3v) is 1.77. The number of pyridine rings is 1. The molecule has 0 spiro atoms. The zero-order valence-electron chi connectivity index (χ0n) is 5.30. The van der Waals surface area contributed by atoms with E-state index in [0.29, 0.717) is 10.9 Å². The van der Waals surface area contributed by atoms with Gasteiger partial charge in [0.2, 0.25) is 0 Å². The maximum absolute atomic E-state index is 12.8. The summed E-state index contributed by atoms with van der Waals surface area (Å²) in [4.78, 5) is 3.78. The Balaban J connectivity index is 2.75. The molecular formula is C7H7BrFN. The van der Waals surface area contributed by atoms with Gasteiger partial charge in [0.25, 0.3) is 0 Å². The Hall–Kier alpha value is -0.440. The molecule has 0 bridgehead atoms. The minimum absolute atomic E-state index is 0.344. The first-order valence-electron chi connectivity index (χ1n) is 2.94. The highest BCUT2D eigenvalue weighted by Gasteiger charge is 2.05. The minimum Gasteiger partial charge on any atom is -0.265 e. The van der Waals surface area contributed by atoms with Crippen molar-refractivity contribution in [3.8, 4) is 0 Å². The zero-order chi connectivity index (χ0) is 7.40. The van der Waals surface area contributed by atoms with Crippen molar-refractivity contribution in [1.29, 1.82) is 0 Å². The molecule has 0 aromatic carbocycles. The smallest absolute Gasteiger partial charge is 0.135 e. The Kier molecular flexibility index (Phi) is 2.81. The van der Waals surface area contributed by atoms with Gasteiger partial charge in [0.05, 0.1) is 0 Å². The highest BCUT2D eigenvalue weighted by Crippen LogP contribution is 2.17. The Bertz CT molecular complexity index is 190. The molecule has 0 radical (unpaired) electrons. The quantitative estimate of drug-likeness (QED) is 0.674. The van der Waals surface area contributed by atoms with E-state index in [2.05, 4.69) is 20.9 Å². The molecule has 0 aliphatic rings. The SMILES string of the molecule is F[C@@H](CBr)c1ccncc1. The second kappa shape index (κ2) is 3.66. The average Bonchev–Trinajstić information content (AvgIpc) is 2.05. The van der Waals surface area contributed by atoms with Crippen LogP contribution in [0.15, 0.2) is 24.5 Å². The van der Waals surface area contributed by atoms with Gasteiger partial charge in [-0.3, -0.25) is 4.98 Å². The van der Waals surface area contributed by atoms with Crippen molar-refractivity contribution in [3.63, 3.8) is 0 Å². The van der Waals surface area contributed by atoms with Crippen LogP contribution in [-0.2, 0) is 0 Å². The number of hydrogen-bond acceptors (Lipinski definition) is 1. The van der Waals surface area contributed by atoms with Gasteiger partial charge in [0.15, 0.2) is 0 Å². The molecule has 0 aliphatic heterocycles. The van der Waals surface area contributed by atoms with Crippen molar-refractivity contribution in [2.75, 3.05) is 5.33 Å². The Morgan fingerprint density at radius 3 is 2.60 bits per heavy atom. The van der Waals surface area contributed by atoms with Crippen LogP contribution in [0.25, 0.3) is 0 Å². The molecule has 3 heteroatoms. The molecule has 0 saturated heterocycles. The molecule has 0 fully saturated rings. The van der Waals surface area contributed by atoms with E-state index < -0.39 is 6.17 Å². The summed E-state index contributed by atoms with van der Waals surface area (Å²) in [7, 11) is 0. The zero-order valence-corrected chi connectivity index (χ0v) is 6.88. The normalized spacial score (nSPS) is 13.0. The first-order chi connectivity index (χ1) is 4.84. The number of nitrogens with zero attached hydrogens (tertiary/aromatic N) is 1. The lowest BCUT2D eigenvalue weighted by Crippen LogP contribution is -1.91. The first-order valence-corrected chi connectivity index (χ1v) is 4.06. The van der Waals surface area contributed by atoms with Crippen LogP contribution in [0.4, 0.5) is 4.39 Å². The maximum atomic E-state index is 12.8. The van der Waals surface area contributed by atoms with Gasteiger partial charge in [0, 0.05) is 17.7 Å². The molecule has 0 saturated carbocycles. The van der Waals surface area contributed by atoms with Crippen LogP contribution in [0.1, 0.15) is 11.7 Å². The molecule has 1 aromatic heterocycles. The van der Waals surface area contributed by atoms with Crippen LogP contribution in [0.5, 0.6) is 0 Å². The van der Waals surface area contributed by atoms with Crippen LogP contribution in [0.3, 0.4) is 0 Å². The fraction of sp³-hybridized carbons (Fsp3) is 0.286. The molecule has 1 atom stereocenters. The predicted molar refractivity (Wildman–Crippen MR) is 41.9 cm³/mol. The largest absolute Gasteiger partial charge is 0.265 e. The van der Waals surface area contributed by atoms with Gasteiger partial charge < -0.3 is 0 Å². The Morgan fingerprint density at radius 2 is 2.10 bits per heavy atom. The third kappa shape index (κ3) is 1.77. The standard InChI is InChI=1S/C7H7BrFN/c8-5-7(9)6-1-3-10-4-2-6/h1-4,7H,5H2/t7-/m0/s1. The monoisotopic (exact) mass is 203 g/mol. The van der Waals surface area contributed by atoms with Crippen LogP contribution in [0.2, 0.25) is 0 Å². The van der Waals surface area contributed by atoms with Crippen molar-refractivity contribution < 1.29 is 4.39 Å². The maximum Gasteiger partial charge on any atom is 0.135 e. The molecule has 1 heterocycles. The molecule has 0 N–H and O–H groups in total. The summed E-state index contributed by atoms with van der Waals surface area (Å²) >= 11 is 3.06. The van der Waals surface area contributed by atoms with E-state index in [-0.39, 0.29) is 0 Å². The van der Waals surface area contributed by atoms with Crippen LogP contribution >= 0.6 is 15.9 Å². The van der Waals surface area contributed by atoms with Crippen molar-refractivity contribution in [1.82, 2.24) is 4.98 Å².